The highest BCUT2D eigenvalue weighted by atomic mass is 32.2. The molecule has 2 aromatic carbocycles. The van der Waals surface area contributed by atoms with Gasteiger partial charge in [-0.05, 0) is 24.6 Å². The van der Waals surface area contributed by atoms with Crippen molar-refractivity contribution >= 4 is 27.7 Å². The number of nitrogens with zero attached hydrogens (tertiary/aromatic N) is 2. The molecule has 1 heterocycles. The first-order chi connectivity index (χ1) is 14.8. The number of methoxy groups -OCH3 is 2. The first-order valence-electron chi connectivity index (χ1n) is 9.98. The summed E-state index contributed by atoms with van der Waals surface area (Å²) in [6, 6.07) is 13.0. The fourth-order valence-corrected chi connectivity index (χ4v) is 5.81. The predicted molar refractivity (Wildman–Crippen MR) is 122 cm³/mol. The number of thioether (sulfide) groups is 1. The van der Waals surface area contributed by atoms with Crippen molar-refractivity contribution in [3.63, 3.8) is 0 Å². The van der Waals surface area contributed by atoms with Crippen molar-refractivity contribution in [1.29, 1.82) is 0 Å². The van der Waals surface area contributed by atoms with Gasteiger partial charge < -0.3 is 14.4 Å². The van der Waals surface area contributed by atoms with Gasteiger partial charge in [0.05, 0.1) is 20.0 Å². The lowest BCUT2D eigenvalue weighted by atomic mass is 10.2. The van der Waals surface area contributed by atoms with E-state index in [0.29, 0.717) is 24.6 Å². The topological polar surface area (TPSA) is 76.2 Å². The number of hydrogen-bond acceptors (Lipinski definition) is 6. The predicted octanol–water partition coefficient (Wildman–Crippen LogP) is 2.78. The van der Waals surface area contributed by atoms with Gasteiger partial charge in [0, 0.05) is 38.0 Å². The second-order valence-corrected chi connectivity index (χ2v) is 10.2. The van der Waals surface area contributed by atoms with E-state index in [4.69, 9.17) is 9.47 Å². The number of benzene rings is 2. The fourth-order valence-electron chi connectivity index (χ4n) is 3.33. The number of carbonyl (C=O) groups excluding carboxylic acids is 1. The summed E-state index contributed by atoms with van der Waals surface area (Å²) in [7, 11) is -0.836. The van der Waals surface area contributed by atoms with Gasteiger partial charge in [0.2, 0.25) is 15.9 Å². The summed E-state index contributed by atoms with van der Waals surface area (Å²) >= 11 is 1.57. The zero-order valence-corrected chi connectivity index (χ0v) is 19.7. The fraction of sp³-hybridized carbons (Fsp3) is 0.409. The number of amides is 1. The quantitative estimate of drug-likeness (QED) is 0.598. The van der Waals surface area contributed by atoms with Gasteiger partial charge in [0.1, 0.15) is 16.4 Å². The third-order valence-electron chi connectivity index (χ3n) is 5.19. The lowest BCUT2D eigenvalue weighted by Crippen LogP contribution is -2.51. The molecule has 168 valence electrons. The lowest BCUT2D eigenvalue weighted by molar-refractivity contribution is -0.129. The Labute approximate surface area is 188 Å². The first-order valence-corrected chi connectivity index (χ1v) is 12.6. The molecule has 0 N–H and O–H groups in total. The molecule has 1 amide bonds. The van der Waals surface area contributed by atoms with Gasteiger partial charge in [0.25, 0.3) is 0 Å². The molecule has 1 aliphatic heterocycles. The monoisotopic (exact) mass is 464 g/mol. The van der Waals surface area contributed by atoms with Crippen molar-refractivity contribution in [2.75, 3.05) is 46.2 Å². The van der Waals surface area contributed by atoms with Gasteiger partial charge in [-0.2, -0.15) is 4.31 Å². The van der Waals surface area contributed by atoms with E-state index in [1.54, 1.807) is 28.8 Å². The molecule has 3 rings (SSSR count). The third-order valence-corrected chi connectivity index (χ3v) is 8.10. The van der Waals surface area contributed by atoms with Crippen LogP contribution in [-0.4, -0.2) is 69.7 Å². The van der Waals surface area contributed by atoms with Crippen LogP contribution in [0.5, 0.6) is 11.5 Å². The van der Waals surface area contributed by atoms with Gasteiger partial charge in [0.15, 0.2) is 0 Å². The number of ether oxygens (including phenoxy) is 2. The molecule has 1 fully saturated rings. The van der Waals surface area contributed by atoms with Crippen LogP contribution in [0.3, 0.4) is 0 Å². The van der Waals surface area contributed by atoms with E-state index in [9.17, 15) is 13.2 Å². The second kappa shape index (κ2) is 10.4. The summed E-state index contributed by atoms with van der Waals surface area (Å²) in [4.78, 5) is 14.4. The summed E-state index contributed by atoms with van der Waals surface area (Å²) in [5.74, 6) is 1.90. The maximum atomic E-state index is 13.1. The highest BCUT2D eigenvalue weighted by molar-refractivity contribution is 7.99. The smallest absolute Gasteiger partial charge is 0.247 e. The van der Waals surface area contributed by atoms with Gasteiger partial charge in [-0.3, -0.25) is 4.79 Å². The number of carbonyl (C=O) groups is 1. The van der Waals surface area contributed by atoms with Crippen molar-refractivity contribution in [2.45, 2.75) is 17.6 Å². The average molecular weight is 465 g/mol. The Morgan fingerprint density at radius 2 is 1.68 bits per heavy atom. The van der Waals surface area contributed by atoms with E-state index in [1.807, 2.05) is 6.92 Å². The van der Waals surface area contributed by atoms with E-state index in [0.717, 1.165) is 5.75 Å². The van der Waals surface area contributed by atoms with Crippen molar-refractivity contribution in [1.82, 2.24) is 9.21 Å². The molecule has 0 spiro atoms. The third kappa shape index (κ3) is 5.72. The molecule has 0 bridgehead atoms. The molecular weight excluding hydrogens is 436 g/mol. The Kier molecular flexibility index (Phi) is 7.85. The minimum Gasteiger partial charge on any atom is -0.497 e. The minimum atomic E-state index is -3.76. The number of sulfonamides is 1. The number of hydrogen-bond donors (Lipinski definition) is 0. The van der Waals surface area contributed by atoms with Gasteiger partial charge in [-0.25, -0.2) is 8.42 Å². The molecule has 0 aromatic heterocycles. The zero-order valence-electron chi connectivity index (χ0n) is 18.0. The van der Waals surface area contributed by atoms with Crippen molar-refractivity contribution in [2.24, 2.45) is 0 Å². The van der Waals surface area contributed by atoms with Crippen LogP contribution >= 0.6 is 11.8 Å². The van der Waals surface area contributed by atoms with Gasteiger partial charge >= 0.3 is 0 Å². The molecule has 31 heavy (non-hydrogen) atoms. The van der Waals surface area contributed by atoms with Gasteiger partial charge in [-0.15, -0.1) is 11.8 Å². The lowest BCUT2D eigenvalue weighted by Gasteiger charge is -2.34. The minimum absolute atomic E-state index is 0.0353. The standard InChI is InChI=1S/C22H28N2O5S2/c1-17-4-6-18(7-5-17)15-30-16-22(25)23-10-12-24(13-11-23)31(26,27)21-14-19(28-2)8-9-20(21)29-3/h4-9,14H,10-13,15-16H2,1-3H3. The van der Waals surface area contributed by atoms with E-state index in [2.05, 4.69) is 24.3 Å². The Balaban J connectivity index is 1.56. The molecule has 0 unspecified atom stereocenters. The van der Waals surface area contributed by atoms with Gasteiger partial charge in [-0.1, -0.05) is 29.8 Å². The molecule has 1 aliphatic rings. The molecule has 2 aromatic rings. The van der Waals surface area contributed by atoms with Crippen LogP contribution in [0, 0.1) is 6.92 Å². The summed E-state index contributed by atoms with van der Waals surface area (Å²) in [6.07, 6.45) is 0. The number of aryl methyl sites for hydroxylation is 1. The van der Waals surface area contributed by atoms with Crippen LogP contribution in [0.1, 0.15) is 11.1 Å². The van der Waals surface area contributed by atoms with Crippen LogP contribution in [0.15, 0.2) is 47.4 Å². The molecule has 0 saturated carbocycles. The normalized spacial score (nSPS) is 15.0. The maximum Gasteiger partial charge on any atom is 0.247 e. The molecule has 0 aliphatic carbocycles. The number of piperazine rings is 1. The Morgan fingerprint density at radius 3 is 2.29 bits per heavy atom. The Bertz CT molecular complexity index is 1000. The Hall–Kier alpha value is -2.23. The van der Waals surface area contributed by atoms with Crippen LogP contribution in [0.2, 0.25) is 0 Å². The molecule has 0 atom stereocenters. The van der Waals surface area contributed by atoms with Crippen LogP contribution in [-0.2, 0) is 20.6 Å². The van der Waals surface area contributed by atoms with Crippen LogP contribution in [0.4, 0.5) is 0 Å². The maximum absolute atomic E-state index is 13.1. The average Bonchev–Trinajstić information content (AvgIpc) is 2.79. The second-order valence-electron chi connectivity index (χ2n) is 7.28. The van der Waals surface area contributed by atoms with Crippen molar-refractivity contribution < 1.29 is 22.7 Å². The van der Waals surface area contributed by atoms with Crippen LogP contribution in [0.25, 0.3) is 0 Å². The van der Waals surface area contributed by atoms with Crippen LogP contribution < -0.4 is 9.47 Å². The van der Waals surface area contributed by atoms with Crippen molar-refractivity contribution in [3.05, 3.63) is 53.6 Å². The molecule has 7 nitrogen and oxygen atoms in total. The highest BCUT2D eigenvalue weighted by Crippen LogP contribution is 2.31. The molecule has 9 heteroatoms. The summed E-state index contributed by atoms with van der Waals surface area (Å²) in [5.41, 5.74) is 2.40. The summed E-state index contributed by atoms with van der Waals surface area (Å²) in [6.45, 7) is 3.28. The van der Waals surface area contributed by atoms with E-state index in [1.165, 1.54) is 35.7 Å². The van der Waals surface area contributed by atoms with E-state index < -0.39 is 10.0 Å². The SMILES string of the molecule is COc1ccc(OC)c(S(=O)(=O)N2CCN(C(=O)CSCc3ccc(C)cc3)CC2)c1. The Morgan fingerprint density at radius 1 is 1.00 bits per heavy atom. The summed E-state index contributed by atoms with van der Waals surface area (Å²) < 4.78 is 38.1. The van der Waals surface area contributed by atoms with E-state index >= 15 is 0 Å². The summed E-state index contributed by atoms with van der Waals surface area (Å²) in [5, 5.41) is 0. The highest BCUT2D eigenvalue weighted by Gasteiger charge is 2.32. The van der Waals surface area contributed by atoms with E-state index in [-0.39, 0.29) is 29.6 Å². The first kappa shape index (κ1) is 23.4. The molecular formula is C22H28N2O5S2. The van der Waals surface area contributed by atoms with Crippen molar-refractivity contribution in [3.8, 4) is 11.5 Å². The molecule has 0 radical (unpaired) electrons. The largest absolute Gasteiger partial charge is 0.497 e. The number of rotatable bonds is 8. The zero-order chi connectivity index (χ0) is 22.4. The molecule has 1 saturated heterocycles.